The summed E-state index contributed by atoms with van der Waals surface area (Å²) in [5, 5.41) is 0. The lowest BCUT2D eigenvalue weighted by Gasteiger charge is -2.13. The second kappa shape index (κ2) is 3.02. The van der Waals surface area contributed by atoms with Crippen LogP contribution in [0.5, 0.6) is 0 Å². The molecule has 0 N–H and O–H groups in total. The van der Waals surface area contributed by atoms with E-state index in [1.807, 2.05) is 0 Å². The average molecular weight is 128 g/mol. The van der Waals surface area contributed by atoms with Crippen LogP contribution in [0.1, 0.15) is 19.8 Å². The van der Waals surface area contributed by atoms with Gasteiger partial charge in [0.1, 0.15) is 0 Å². The molecule has 1 saturated heterocycles. The Morgan fingerprint density at radius 1 is 1.50 bits per heavy atom. The molecule has 0 bridgehead atoms. The van der Waals surface area contributed by atoms with Crippen LogP contribution in [0.2, 0.25) is 6.04 Å². The van der Waals surface area contributed by atoms with Crippen LogP contribution in [0.3, 0.4) is 0 Å². The van der Waals surface area contributed by atoms with Gasteiger partial charge >= 0.3 is 0 Å². The van der Waals surface area contributed by atoms with Crippen molar-refractivity contribution in [3.63, 3.8) is 0 Å². The summed E-state index contributed by atoms with van der Waals surface area (Å²) < 4.78 is 5.47. The molecule has 46 valence electrons. The average Bonchev–Trinajstić information content (AvgIpc) is 1.90. The van der Waals surface area contributed by atoms with Crippen molar-refractivity contribution in [2.24, 2.45) is 0 Å². The van der Waals surface area contributed by atoms with E-state index in [2.05, 4.69) is 12.6 Å². The summed E-state index contributed by atoms with van der Waals surface area (Å²) in [7, 11) is -0.412. The van der Waals surface area contributed by atoms with Crippen LogP contribution in [-0.4, -0.2) is 20.9 Å². The van der Waals surface area contributed by atoms with Gasteiger partial charge in [-0.25, -0.2) is 0 Å². The molecule has 1 fully saturated rings. The topological polar surface area (TPSA) is 9.23 Å². The van der Waals surface area contributed by atoms with Crippen molar-refractivity contribution >= 4 is 14.3 Å². The predicted octanol–water partition coefficient (Wildman–Crippen LogP) is 1.19. The Bertz CT molecular complexity index is 90.7. The molecule has 1 nitrogen and oxygen atoms in total. The van der Waals surface area contributed by atoms with E-state index in [0.29, 0.717) is 0 Å². The molecule has 8 heavy (non-hydrogen) atoms. The first-order valence-electron chi connectivity index (χ1n) is 3.21. The van der Waals surface area contributed by atoms with Gasteiger partial charge in [0.05, 0.1) is 6.61 Å². The van der Waals surface area contributed by atoms with Crippen LogP contribution >= 0.6 is 0 Å². The van der Waals surface area contributed by atoms with Gasteiger partial charge in [0, 0.05) is 0 Å². The molecule has 2 heteroatoms. The van der Waals surface area contributed by atoms with Crippen LogP contribution in [0, 0.1) is 0 Å². The van der Waals surface area contributed by atoms with E-state index in [0.717, 1.165) is 6.61 Å². The molecule has 0 saturated carbocycles. The van der Waals surface area contributed by atoms with Gasteiger partial charge in [-0.05, 0) is 25.8 Å². The zero-order valence-corrected chi connectivity index (χ0v) is 6.31. The van der Waals surface area contributed by atoms with Crippen molar-refractivity contribution in [2.75, 3.05) is 6.61 Å². The maximum absolute atomic E-state index is 5.47. The SMILES string of the molecule is CC=[Si]1CCCCO1. The Kier molecular flexibility index (Phi) is 2.27. The summed E-state index contributed by atoms with van der Waals surface area (Å²) >= 11 is 0. The number of hydrogen-bond donors (Lipinski definition) is 0. The van der Waals surface area contributed by atoms with E-state index in [4.69, 9.17) is 4.43 Å². The Labute approximate surface area is 52.0 Å². The maximum atomic E-state index is 5.47. The van der Waals surface area contributed by atoms with E-state index < -0.39 is 8.65 Å². The molecule has 0 aromatic rings. The fourth-order valence-electron chi connectivity index (χ4n) is 0.904. The first kappa shape index (κ1) is 6.01. The minimum Gasteiger partial charge on any atom is -0.551 e. The van der Waals surface area contributed by atoms with Gasteiger partial charge < -0.3 is 4.43 Å². The van der Waals surface area contributed by atoms with Gasteiger partial charge in [-0.3, -0.25) is 0 Å². The van der Waals surface area contributed by atoms with E-state index in [1.54, 1.807) is 0 Å². The Balaban J connectivity index is 2.33. The summed E-state index contributed by atoms with van der Waals surface area (Å²) in [6.45, 7) is 3.12. The van der Waals surface area contributed by atoms with Gasteiger partial charge in [0.15, 0.2) is 0 Å². The second-order valence-electron chi connectivity index (χ2n) is 2.06. The summed E-state index contributed by atoms with van der Waals surface area (Å²) in [6, 6.07) is 1.33. The molecule has 0 radical (unpaired) electrons. The zero-order valence-electron chi connectivity index (χ0n) is 5.31. The molecule has 0 amide bonds. The lowest BCUT2D eigenvalue weighted by molar-refractivity contribution is 0.301. The number of hydrogen-bond acceptors (Lipinski definition) is 1. The molecule has 0 unspecified atom stereocenters. The summed E-state index contributed by atoms with van der Waals surface area (Å²) in [6.07, 6.45) is 2.67. The molecule has 1 aliphatic heterocycles. The van der Waals surface area contributed by atoms with Crippen molar-refractivity contribution in [1.29, 1.82) is 0 Å². The van der Waals surface area contributed by atoms with E-state index in [1.165, 1.54) is 18.9 Å². The van der Waals surface area contributed by atoms with E-state index in [9.17, 15) is 0 Å². The summed E-state index contributed by atoms with van der Waals surface area (Å²) in [5.41, 5.74) is 2.24. The van der Waals surface area contributed by atoms with Gasteiger partial charge in [-0.2, -0.15) is 0 Å². The van der Waals surface area contributed by atoms with Crippen LogP contribution < -0.4 is 0 Å². The van der Waals surface area contributed by atoms with Crippen molar-refractivity contribution in [2.45, 2.75) is 25.8 Å². The predicted molar refractivity (Wildman–Crippen MR) is 37.5 cm³/mol. The third kappa shape index (κ3) is 1.44. The lowest BCUT2D eigenvalue weighted by atomic mass is 10.4. The standard InChI is InChI=1S/C6H12OSi/c1-2-8-6-4-3-5-7-8/h2H,3-6H2,1H3. The Morgan fingerprint density at radius 2 is 2.38 bits per heavy atom. The highest BCUT2D eigenvalue weighted by molar-refractivity contribution is 6.60. The van der Waals surface area contributed by atoms with Crippen molar-refractivity contribution < 1.29 is 4.43 Å². The zero-order chi connectivity index (χ0) is 5.82. The van der Waals surface area contributed by atoms with Crippen molar-refractivity contribution in [3.05, 3.63) is 0 Å². The highest BCUT2D eigenvalue weighted by Crippen LogP contribution is 2.04. The van der Waals surface area contributed by atoms with Crippen LogP contribution in [0.15, 0.2) is 0 Å². The van der Waals surface area contributed by atoms with Crippen molar-refractivity contribution in [3.8, 4) is 0 Å². The highest BCUT2D eigenvalue weighted by Gasteiger charge is 2.04. The van der Waals surface area contributed by atoms with Crippen LogP contribution in [0.4, 0.5) is 0 Å². The molecular weight excluding hydrogens is 116 g/mol. The normalized spacial score (nSPS) is 25.4. The second-order valence-corrected chi connectivity index (χ2v) is 4.36. The summed E-state index contributed by atoms with van der Waals surface area (Å²) in [5.74, 6) is 0. The highest BCUT2D eigenvalue weighted by atomic mass is 28.3. The molecule has 0 aliphatic carbocycles. The summed E-state index contributed by atoms with van der Waals surface area (Å²) in [4.78, 5) is 0. The molecule has 1 rings (SSSR count). The molecule has 0 aromatic carbocycles. The van der Waals surface area contributed by atoms with Crippen LogP contribution in [-0.2, 0) is 4.43 Å². The third-order valence-electron chi connectivity index (χ3n) is 1.43. The van der Waals surface area contributed by atoms with Gasteiger partial charge in [-0.15, -0.1) is 0 Å². The molecule has 0 spiro atoms. The van der Waals surface area contributed by atoms with Gasteiger partial charge in [0.2, 0.25) is 8.65 Å². The minimum absolute atomic E-state index is 0.412. The Morgan fingerprint density at radius 3 is 2.75 bits per heavy atom. The number of rotatable bonds is 0. The first-order chi connectivity index (χ1) is 3.93. The van der Waals surface area contributed by atoms with Gasteiger partial charge in [0.25, 0.3) is 0 Å². The molecule has 1 aliphatic rings. The van der Waals surface area contributed by atoms with E-state index in [-0.39, 0.29) is 0 Å². The largest absolute Gasteiger partial charge is 0.551 e. The monoisotopic (exact) mass is 128 g/mol. The fourth-order valence-corrected chi connectivity index (χ4v) is 2.51. The lowest BCUT2D eigenvalue weighted by Crippen LogP contribution is -2.15. The smallest absolute Gasteiger partial charge is 0.227 e. The maximum Gasteiger partial charge on any atom is 0.227 e. The fraction of sp³-hybridized carbons (Fsp3) is 0.833. The van der Waals surface area contributed by atoms with Crippen LogP contribution in [0.25, 0.3) is 0 Å². The minimum atomic E-state index is -0.412. The third-order valence-corrected chi connectivity index (χ3v) is 3.49. The van der Waals surface area contributed by atoms with Gasteiger partial charge in [-0.1, -0.05) is 5.67 Å². The Hall–Kier alpha value is -0.113. The molecular formula is C6H12OSi. The first-order valence-corrected chi connectivity index (χ1v) is 4.91. The van der Waals surface area contributed by atoms with E-state index >= 15 is 0 Å². The van der Waals surface area contributed by atoms with Crippen molar-refractivity contribution in [1.82, 2.24) is 0 Å². The molecule has 0 atom stereocenters. The quantitative estimate of drug-likeness (QED) is 0.445. The molecule has 0 aromatic heterocycles. The molecule has 1 heterocycles.